The van der Waals surface area contributed by atoms with Crippen LogP contribution in [0.4, 0.5) is 5.82 Å². The second-order valence-electron chi connectivity index (χ2n) is 5.18. The number of nitrogens with zero attached hydrogens (tertiary/aromatic N) is 2. The Morgan fingerprint density at radius 3 is 2.81 bits per heavy atom. The van der Waals surface area contributed by atoms with Gasteiger partial charge in [0.15, 0.2) is 0 Å². The number of hydrogen-bond acceptors (Lipinski definition) is 3. The molecule has 0 amide bonds. The number of pyridine rings is 1. The molecule has 1 atom stereocenters. The number of nitrogens with one attached hydrogen (secondary N) is 1. The van der Waals surface area contributed by atoms with Crippen LogP contribution in [-0.2, 0) is 6.54 Å². The molecule has 1 unspecified atom stereocenters. The van der Waals surface area contributed by atoms with E-state index in [1.165, 1.54) is 11.1 Å². The molecule has 3 nitrogen and oxygen atoms in total. The third-order valence-corrected chi connectivity index (χ3v) is 3.70. The molecule has 0 aliphatic heterocycles. The summed E-state index contributed by atoms with van der Waals surface area (Å²) in [7, 11) is 2.06. The van der Waals surface area contributed by atoms with Gasteiger partial charge in [-0.15, -0.1) is 0 Å². The zero-order valence-corrected chi connectivity index (χ0v) is 13.6. The molecule has 0 aliphatic carbocycles. The van der Waals surface area contributed by atoms with Gasteiger partial charge in [-0.3, -0.25) is 0 Å². The molecule has 1 aromatic heterocycles. The summed E-state index contributed by atoms with van der Waals surface area (Å²) in [6.07, 6.45) is 1.84. The minimum atomic E-state index is 0.278. The van der Waals surface area contributed by atoms with Crippen molar-refractivity contribution in [1.82, 2.24) is 10.3 Å². The standard InChI is InChI=1S/C17H22ClN3/c1-4-19-13(2)16-9-6-10-20-17(16)21(3)12-14-7-5-8-15(18)11-14/h5-11,13,19H,4,12H2,1-3H3. The van der Waals surface area contributed by atoms with Crippen LogP contribution in [-0.4, -0.2) is 18.6 Å². The number of hydrogen-bond donors (Lipinski definition) is 1. The van der Waals surface area contributed by atoms with Gasteiger partial charge in [0.25, 0.3) is 0 Å². The zero-order valence-electron chi connectivity index (χ0n) is 12.8. The third-order valence-electron chi connectivity index (χ3n) is 3.46. The number of halogens is 1. The third kappa shape index (κ3) is 4.19. The van der Waals surface area contributed by atoms with Gasteiger partial charge in [-0.1, -0.05) is 36.7 Å². The molecule has 2 aromatic rings. The van der Waals surface area contributed by atoms with E-state index < -0.39 is 0 Å². The molecule has 21 heavy (non-hydrogen) atoms. The van der Waals surface area contributed by atoms with Gasteiger partial charge in [-0.05, 0) is 37.2 Å². The van der Waals surface area contributed by atoms with Gasteiger partial charge in [0.1, 0.15) is 5.82 Å². The molecule has 2 rings (SSSR count). The SMILES string of the molecule is CCNC(C)c1cccnc1N(C)Cc1cccc(Cl)c1. The van der Waals surface area contributed by atoms with Gasteiger partial charge in [0.05, 0.1) is 0 Å². The van der Waals surface area contributed by atoms with Crippen LogP contribution in [0, 0.1) is 0 Å². The topological polar surface area (TPSA) is 28.2 Å². The lowest BCUT2D eigenvalue weighted by atomic mass is 10.1. The lowest BCUT2D eigenvalue weighted by molar-refractivity contribution is 0.594. The highest BCUT2D eigenvalue weighted by atomic mass is 35.5. The first-order chi connectivity index (χ1) is 10.1. The predicted octanol–water partition coefficient (Wildman–Crippen LogP) is 4.04. The summed E-state index contributed by atoms with van der Waals surface area (Å²) in [6, 6.07) is 12.3. The minimum Gasteiger partial charge on any atom is -0.355 e. The van der Waals surface area contributed by atoms with Crippen molar-refractivity contribution >= 4 is 17.4 Å². The lowest BCUT2D eigenvalue weighted by Gasteiger charge is -2.24. The summed E-state index contributed by atoms with van der Waals surface area (Å²) in [6.45, 7) is 6.00. The number of aromatic nitrogens is 1. The average molecular weight is 304 g/mol. The van der Waals surface area contributed by atoms with E-state index in [0.29, 0.717) is 0 Å². The molecule has 0 saturated heterocycles. The maximum absolute atomic E-state index is 6.05. The van der Waals surface area contributed by atoms with Crippen LogP contribution < -0.4 is 10.2 Å². The van der Waals surface area contributed by atoms with E-state index in [-0.39, 0.29) is 6.04 Å². The summed E-state index contributed by atoms with van der Waals surface area (Å²) < 4.78 is 0. The molecule has 1 heterocycles. The molecule has 4 heteroatoms. The van der Waals surface area contributed by atoms with E-state index in [4.69, 9.17) is 11.6 Å². The first-order valence-electron chi connectivity index (χ1n) is 7.25. The van der Waals surface area contributed by atoms with Gasteiger partial charge in [0, 0.05) is 36.4 Å². The van der Waals surface area contributed by atoms with Crippen LogP contribution in [0.5, 0.6) is 0 Å². The van der Waals surface area contributed by atoms with Crippen molar-refractivity contribution in [1.29, 1.82) is 0 Å². The Kier molecular flexibility index (Phi) is 5.59. The Morgan fingerprint density at radius 2 is 2.10 bits per heavy atom. The van der Waals surface area contributed by atoms with Crippen molar-refractivity contribution in [3.8, 4) is 0 Å². The summed E-state index contributed by atoms with van der Waals surface area (Å²) in [5, 5.41) is 4.21. The van der Waals surface area contributed by atoms with Gasteiger partial charge in [-0.2, -0.15) is 0 Å². The van der Waals surface area contributed by atoms with Crippen molar-refractivity contribution in [3.05, 3.63) is 58.7 Å². The number of benzene rings is 1. The van der Waals surface area contributed by atoms with E-state index in [1.54, 1.807) is 0 Å². The largest absolute Gasteiger partial charge is 0.355 e. The highest BCUT2D eigenvalue weighted by Crippen LogP contribution is 2.24. The summed E-state index contributed by atoms with van der Waals surface area (Å²) in [5.74, 6) is 1.01. The van der Waals surface area contributed by atoms with E-state index in [0.717, 1.165) is 23.9 Å². The fraction of sp³-hybridized carbons (Fsp3) is 0.353. The Labute approximate surface area is 132 Å². The highest BCUT2D eigenvalue weighted by molar-refractivity contribution is 6.30. The van der Waals surface area contributed by atoms with Gasteiger partial charge < -0.3 is 10.2 Å². The van der Waals surface area contributed by atoms with Crippen molar-refractivity contribution in [2.75, 3.05) is 18.5 Å². The smallest absolute Gasteiger partial charge is 0.133 e. The Hall–Kier alpha value is -1.58. The van der Waals surface area contributed by atoms with Crippen LogP contribution in [0.3, 0.4) is 0 Å². The molecule has 0 radical (unpaired) electrons. The van der Waals surface area contributed by atoms with Crippen molar-refractivity contribution < 1.29 is 0 Å². The van der Waals surface area contributed by atoms with Crippen LogP contribution >= 0.6 is 11.6 Å². The predicted molar refractivity (Wildman–Crippen MR) is 89.9 cm³/mol. The molecular weight excluding hydrogens is 282 g/mol. The van der Waals surface area contributed by atoms with E-state index >= 15 is 0 Å². The monoisotopic (exact) mass is 303 g/mol. The first-order valence-corrected chi connectivity index (χ1v) is 7.63. The fourth-order valence-electron chi connectivity index (χ4n) is 2.47. The average Bonchev–Trinajstić information content (AvgIpc) is 2.47. The Balaban J connectivity index is 2.21. The minimum absolute atomic E-state index is 0.278. The molecule has 1 aromatic carbocycles. The maximum atomic E-state index is 6.05. The molecule has 0 fully saturated rings. The van der Waals surface area contributed by atoms with Crippen molar-refractivity contribution in [2.24, 2.45) is 0 Å². The van der Waals surface area contributed by atoms with Gasteiger partial charge in [-0.25, -0.2) is 4.98 Å². The van der Waals surface area contributed by atoms with Crippen molar-refractivity contribution in [3.63, 3.8) is 0 Å². The Bertz CT molecular complexity index is 586. The highest BCUT2D eigenvalue weighted by Gasteiger charge is 2.14. The quantitative estimate of drug-likeness (QED) is 0.873. The molecule has 112 valence electrons. The first kappa shape index (κ1) is 15.8. The van der Waals surface area contributed by atoms with E-state index in [2.05, 4.69) is 48.2 Å². The van der Waals surface area contributed by atoms with Gasteiger partial charge in [0.2, 0.25) is 0 Å². The van der Waals surface area contributed by atoms with Crippen molar-refractivity contribution in [2.45, 2.75) is 26.4 Å². The van der Waals surface area contributed by atoms with Gasteiger partial charge >= 0.3 is 0 Å². The normalized spacial score (nSPS) is 12.2. The van der Waals surface area contributed by atoms with E-state index in [9.17, 15) is 0 Å². The summed E-state index contributed by atoms with van der Waals surface area (Å²) in [4.78, 5) is 6.72. The second kappa shape index (κ2) is 7.43. The fourth-order valence-corrected chi connectivity index (χ4v) is 2.68. The maximum Gasteiger partial charge on any atom is 0.133 e. The number of anilines is 1. The summed E-state index contributed by atoms with van der Waals surface area (Å²) in [5.41, 5.74) is 2.39. The lowest BCUT2D eigenvalue weighted by Crippen LogP contribution is -2.24. The molecule has 0 spiro atoms. The molecular formula is C17H22ClN3. The molecule has 0 saturated carbocycles. The van der Waals surface area contributed by atoms with Crippen LogP contribution in [0.15, 0.2) is 42.6 Å². The molecule has 0 aliphatic rings. The van der Waals surface area contributed by atoms with Crippen LogP contribution in [0.25, 0.3) is 0 Å². The van der Waals surface area contributed by atoms with E-state index in [1.807, 2.05) is 30.5 Å². The van der Waals surface area contributed by atoms with Crippen LogP contribution in [0.1, 0.15) is 31.0 Å². The Morgan fingerprint density at radius 1 is 1.29 bits per heavy atom. The number of rotatable bonds is 6. The second-order valence-corrected chi connectivity index (χ2v) is 5.62. The summed E-state index contributed by atoms with van der Waals surface area (Å²) >= 11 is 6.05. The molecule has 0 bridgehead atoms. The zero-order chi connectivity index (χ0) is 15.2. The molecule has 1 N–H and O–H groups in total. The van der Waals surface area contributed by atoms with Crippen LogP contribution in [0.2, 0.25) is 5.02 Å².